The van der Waals surface area contributed by atoms with E-state index in [4.69, 9.17) is 4.74 Å². The Hall–Kier alpha value is -1.92. The number of hydrogen-bond donors (Lipinski definition) is 0. The number of likely N-dealkylation sites (N-methyl/N-ethyl adjacent to an activating group) is 2. The van der Waals surface area contributed by atoms with E-state index in [9.17, 15) is 9.59 Å². The monoisotopic (exact) mass is 361 g/mol. The molecule has 2 rings (SSSR count). The molecule has 1 aromatic carbocycles. The van der Waals surface area contributed by atoms with E-state index in [1.165, 1.54) is 0 Å². The SMILES string of the molecule is COCCN1C(=O)C[C@@H](C(=O)N(C)CCN(C)C)[C@@H]1c1ccccc1C. The predicted molar refractivity (Wildman–Crippen MR) is 102 cm³/mol. The minimum Gasteiger partial charge on any atom is -0.383 e. The highest BCUT2D eigenvalue weighted by molar-refractivity contribution is 5.90. The first-order chi connectivity index (χ1) is 12.4. The fourth-order valence-electron chi connectivity index (χ4n) is 3.51. The number of nitrogens with zero attached hydrogens (tertiary/aromatic N) is 3. The van der Waals surface area contributed by atoms with Gasteiger partial charge in [0, 0.05) is 40.2 Å². The van der Waals surface area contributed by atoms with Crippen LogP contribution in [0.1, 0.15) is 23.6 Å². The van der Waals surface area contributed by atoms with Crippen LogP contribution < -0.4 is 0 Å². The van der Waals surface area contributed by atoms with Gasteiger partial charge in [-0.3, -0.25) is 9.59 Å². The van der Waals surface area contributed by atoms with E-state index in [2.05, 4.69) is 0 Å². The van der Waals surface area contributed by atoms with E-state index in [-0.39, 0.29) is 30.2 Å². The number of rotatable bonds is 8. The molecule has 0 unspecified atom stereocenters. The molecular weight excluding hydrogens is 330 g/mol. The van der Waals surface area contributed by atoms with Gasteiger partial charge in [-0.05, 0) is 32.1 Å². The standard InChI is InChI=1S/C20H31N3O3/c1-15-8-6-7-9-16(15)19-17(14-18(24)23(19)12-13-26-5)20(25)22(4)11-10-21(2)3/h6-9,17,19H,10-14H2,1-5H3/t17-,19+/m1/s1. The molecular formula is C20H31N3O3. The lowest BCUT2D eigenvalue weighted by Crippen LogP contribution is -2.40. The molecule has 0 aliphatic carbocycles. The second-order valence-corrected chi connectivity index (χ2v) is 7.26. The Morgan fingerprint density at radius 2 is 1.92 bits per heavy atom. The third kappa shape index (κ3) is 4.62. The van der Waals surface area contributed by atoms with E-state index in [1.54, 1.807) is 12.0 Å². The zero-order valence-corrected chi connectivity index (χ0v) is 16.6. The molecule has 1 aromatic rings. The van der Waals surface area contributed by atoms with Crippen LogP contribution in [0.5, 0.6) is 0 Å². The molecule has 0 saturated carbocycles. The number of methoxy groups -OCH3 is 1. The van der Waals surface area contributed by atoms with Gasteiger partial charge < -0.3 is 19.4 Å². The van der Waals surface area contributed by atoms with Gasteiger partial charge in [0.15, 0.2) is 0 Å². The summed E-state index contributed by atoms with van der Waals surface area (Å²) < 4.78 is 5.18. The van der Waals surface area contributed by atoms with Crippen LogP contribution in [0.3, 0.4) is 0 Å². The average Bonchev–Trinajstić information content (AvgIpc) is 2.93. The number of carbonyl (C=O) groups excluding carboxylic acids is 2. The van der Waals surface area contributed by atoms with Crippen molar-refractivity contribution >= 4 is 11.8 Å². The van der Waals surface area contributed by atoms with Crippen molar-refractivity contribution < 1.29 is 14.3 Å². The number of hydrogen-bond acceptors (Lipinski definition) is 4. The maximum Gasteiger partial charge on any atom is 0.228 e. The predicted octanol–water partition coefficient (Wildman–Crippen LogP) is 1.55. The van der Waals surface area contributed by atoms with Crippen molar-refractivity contribution in [3.05, 3.63) is 35.4 Å². The molecule has 0 spiro atoms. The van der Waals surface area contributed by atoms with Crippen molar-refractivity contribution in [3.63, 3.8) is 0 Å². The Bertz CT molecular complexity index is 632. The molecule has 2 atom stereocenters. The highest BCUT2D eigenvalue weighted by Crippen LogP contribution is 2.40. The molecule has 0 radical (unpaired) electrons. The van der Waals surface area contributed by atoms with Gasteiger partial charge in [-0.15, -0.1) is 0 Å². The minimum atomic E-state index is -0.354. The van der Waals surface area contributed by atoms with Crippen molar-refractivity contribution in [1.29, 1.82) is 0 Å². The molecule has 26 heavy (non-hydrogen) atoms. The highest BCUT2D eigenvalue weighted by atomic mass is 16.5. The molecule has 1 aliphatic heterocycles. The summed E-state index contributed by atoms with van der Waals surface area (Å²) in [6.45, 7) is 4.44. The van der Waals surface area contributed by atoms with Crippen LogP contribution in [0.15, 0.2) is 24.3 Å². The topological polar surface area (TPSA) is 53.1 Å². The summed E-state index contributed by atoms with van der Waals surface area (Å²) in [5, 5.41) is 0. The first kappa shape index (κ1) is 20.4. The summed E-state index contributed by atoms with van der Waals surface area (Å²) in [4.78, 5) is 31.4. The van der Waals surface area contributed by atoms with Gasteiger partial charge in [-0.2, -0.15) is 0 Å². The van der Waals surface area contributed by atoms with Crippen LogP contribution in [0.25, 0.3) is 0 Å². The summed E-state index contributed by atoms with van der Waals surface area (Å²) in [5.41, 5.74) is 2.15. The summed E-state index contributed by atoms with van der Waals surface area (Å²) in [5.74, 6) is -0.296. The maximum atomic E-state index is 13.1. The molecule has 144 valence electrons. The van der Waals surface area contributed by atoms with Crippen molar-refractivity contribution in [1.82, 2.24) is 14.7 Å². The lowest BCUT2D eigenvalue weighted by Gasteiger charge is -2.31. The first-order valence-corrected chi connectivity index (χ1v) is 9.10. The van der Waals surface area contributed by atoms with E-state index >= 15 is 0 Å². The Labute approximate surface area is 156 Å². The second kappa shape index (κ2) is 9.14. The minimum absolute atomic E-state index is 0.0228. The Morgan fingerprint density at radius 3 is 2.54 bits per heavy atom. The molecule has 0 aromatic heterocycles. The van der Waals surface area contributed by atoms with E-state index in [1.807, 2.05) is 62.1 Å². The number of ether oxygens (including phenoxy) is 1. The molecule has 0 N–H and O–H groups in total. The van der Waals surface area contributed by atoms with Gasteiger partial charge in [0.1, 0.15) is 0 Å². The third-order valence-electron chi connectivity index (χ3n) is 5.05. The van der Waals surface area contributed by atoms with Crippen LogP contribution in [-0.4, -0.2) is 81.0 Å². The molecule has 1 aliphatic rings. The average molecular weight is 361 g/mol. The van der Waals surface area contributed by atoms with E-state index in [0.29, 0.717) is 19.7 Å². The number of carbonyl (C=O) groups is 2. The highest BCUT2D eigenvalue weighted by Gasteiger charge is 2.45. The summed E-state index contributed by atoms with van der Waals surface area (Å²) in [7, 11) is 7.42. The summed E-state index contributed by atoms with van der Waals surface area (Å²) >= 11 is 0. The largest absolute Gasteiger partial charge is 0.383 e. The van der Waals surface area contributed by atoms with Crippen molar-refractivity contribution in [2.75, 3.05) is 54.5 Å². The van der Waals surface area contributed by atoms with Crippen LogP contribution in [0.4, 0.5) is 0 Å². The van der Waals surface area contributed by atoms with E-state index in [0.717, 1.165) is 17.7 Å². The first-order valence-electron chi connectivity index (χ1n) is 9.10. The zero-order valence-electron chi connectivity index (χ0n) is 16.6. The van der Waals surface area contributed by atoms with Gasteiger partial charge in [-0.1, -0.05) is 24.3 Å². The van der Waals surface area contributed by atoms with Gasteiger partial charge in [-0.25, -0.2) is 0 Å². The smallest absolute Gasteiger partial charge is 0.228 e. The lowest BCUT2D eigenvalue weighted by molar-refractivity contribution is -0.135. The summed E-state index contributed by atoms with van der Waals surface area (Å²) in [6, 6.07) is 7.78. The van der Waals surface area contributed by atoms with Crippen LogP contribution in [0.2, 0.25) is 0 Å². The molecule has 0 bridgehead atoms. The third-order valence-corrected chi connectivity index (χ3v) is 5.05. The van der Waals surface area contributed by atoms with Gasteiger partial charge in [0.25, 0.3) is 0 Å². The Balaban J connectivity index is 2.29. The Morgan fingerprint density at radius 1 is 1.23 bits per heavy atom. The van der Waals surface area contributed by atoms with Gasteiger partial charge in [0.2, 0.25) is 11.8 Å². The second-order valence-electron chi connectivity index (χ2n) is 7.26. The zero-order chi connectivity index (χ0) is 19.3. The number of aryl methyl sites for hydroxylation is 1. The van der Waals surface area contributed by atoms with Crippen LogP contribution >= 0.6 is 0 Å². The quantitative estimate of drug-likeness (QED) is 0.705. The molecule has 1 fully saturated rings. The maximum absolute atomic E-state index is 13.1. The number of amides is 2. The van der Waals surface area contributed by atoms with Crippen molar-refractivity contribution in [2.45, 2.75) is 19.4 Å². The lowest BCUT2D eigenvalue weighted by atomic mass is 9.90. The molecule has 1 heterocycles. The van der Waals surface area contributed by atoms with Crippen LogP contribution in [0, 0.1) is 12.8 Å². The fourth-order valence-corrected chi connectivity index (χ4v) is 3.51. The normalized spacial score (nSPS) is 20.1. The summed E-state index contributed by atoms with van der Waals surface area (Å²) in [6.07, 6.45) is 0.258. The Kier molecular flexibility index (Phi) is 7.17. The van der Waals surface area contributed by atoms with Crippen LogP contribution in [-0.2, 0) is 14.3 Å². The van der Waals surface area contributed by atoms with E-state index < -0.39 is 0 Å². The fraction of sp³-hybridized carbons (Fsp3) is 0.600. The van der Waals surface area contributed by atoms with Crippen molar-refractivity contribution in [3.8, 4) is 0 Å². The molecule has 6 nitrogen and oxygen atoms in total. The van der Waals surface area contributed by atoms with Gasteiger partial charge in [0.05, 0.1) is 18.6 Å². The molecule has 2 amide bonds. The van der Waals surface area contributed by atoms with Crippen molar-refractivity contribution in [2.24, 2.45) is 5.92 Å². The van der Waals surface area contributed by atoms with Gasteiger partial charge >= 0.3 is 0 Å². The molecule has 6 heteroatoms. The number of likely N-dealkylation sites (tertiary alicyclic amines) is 1. The molecule has 1 saturated heterocycles. The number of benzene rings is 1.